The SMILES string of the molecule is CCC(C)(C)c1cnc(NC)nc1. The highest BCUT2D eigenvalue weighted by Gasteiger charge is 2.18. The second kappa shape index (κ2) is 3.73. The molecule has 1 rings (SSSR count). The first kappa shape index (κ1) is 9.96. The standard InChI is InChI=1S/C10H17N3/c1-5-10(2,3)8-6-12-9(11-4)13-7-8/h6-7H,5H2,1-4H3,(H,11,12,13). The number of anilines is 1. The predicted molar refractivity (Wildman–Crippen MR) is 54.9 cm³/mol. The van der Waals surface area contributed by atoms with Crippen LogP contribution < -0.4 is 5.32 Å². The molecule has 0 bridgehead atoms. The van der Waals surface area contributed by atoms with Gasteiger partial charge in [-0.1, -0.05) is 20.8 Å². The average molecular weight is 179 g/mol. The van der Waals surface area contributed by atoms with Gasteiger partial charge in [0.2, 0.25) is 5.95 Å². The van der Waals surface area contributed by atoms with E-state index in [1.807, 2.05) is 19.4 Å². The molecular weight excluding hydrogens is 162 g/mol. The fraction of sp³-hybridized carbons (Fsp3) is 0.600. The molecule has 0 atom stereocenters. The fourth-order valence-corrected chi connectivity index (χ4v) is 1.01. The van der Waals surface area contributed by atoms with Gasteiger partial charge >= 0.3 is 0 Å². The van der Waals surface area contributed by atoms with Crippen molar-refractivity contribution in [2.24, 2.45) is 0 Å². The number of aromatic nitrogens is 2. The Labute approximate surface area is 79.6 Å². The maximum atomic E-state index is 4.19. The zero-order chi connectivity index (χ0) is 9.90. The monoisotopic (exact) mass is 179 g/mol. The van der Waals surface area contributed by atoms with E-state index in [1.165, 1.54) is 5.56 Å². The summed E-state index contributed by atoms with van der Waals surface area (Å²) in [6.45, 7) is 6.57. The summed E-state index contributed by atoms with van der Waals surface area (Å²) in [6.07, 6.45) is 4.87. The van der Waals surface area contributed by atoms with Gasteiger partial charge in [-0.05, 0) is 17.4 Å². The molecule has 1 heterocycles. The normalized spacial score (nSPS) is 11.4. The van der Waals surface area contributed by atoms with Crippen LogP contribution in [0.1, 0.15) is 32.8 Å². The molecular formula is C10H17N3. The Bertz CT molecular complexity index is 264. The first-order valence-corrected chi connectivity index (χ1v) is 4.60. The van der Waals surface area contributed by atoms with Gasteiger partial charge in [0.15, 0.2) is 0 Å². The summed E-state index contributed by atoms with van der Waals surface area (Å²) in [6, 6.07) is 0. The summed E-state index contributed by atoms with van der Waals surface area (Å²) in [7, 11) is 1.82. The fourth-order valence-electron chi connectivity index (χ4n) is 1.01. The summed E-state index contributed by atoms with van der Waals surface area (Å²) >= 11 is 0. The van der Waals surface area contributed by atoms with Crippen molar-refractivity contribution in [2.45, 2.75) is 32.6 Å². The third kappa shape index (κ3) is 2.17. The molecule has 0 saturated heterocycles. The number of nitrogens with zero attached hydrogens (tertiary/aromatic N) is 2. The lowest BCUT2D eigenvalue weighted by atomic mass is 9.84. The van der Waals surface area contributed by atoms with E-state index >= 15 is 0 Å². The molecule has 0 aliphatic carbocycles. The van der Waals surface area contributed by atoms with Gasteiger partial charge in [-0.15, -0.1) is 0 Å². The molecule has 0 aromatic carbocycles. The summed E-state index contributed by atoms with van der Waals surface area (Å²) in [5.74, 6) is 0.677. The molecule has 3 heteroatoms. The van der Waals surface area contributed by atoms with Crippen LogP contribution in [0.25, 0.3) is 0 Å². The van der Waals surface area contributed by atoms with Crippen LogP contribution in [-0.4, -0.2) is 17.0 Å². The maximum Gasteiger partial charge on any atom is 0.222 e. The van der Waals surface area contributed by atoms with Crippen molar-refractivity contribution in [3.8, 4) is 0 Å². The van der Waals surface area contributed by atoms with Gasteiger partial charge in [-0.25, -0.2) is 9.97 Å². The number of rotatable bonds is 3. The summed E-state index contributed by atoms with van der Waals surface area (Å²) in [5.41, 5.74) is 1.36. The van der Waals surface area contributed by atoms with Crippen LogP contribution in [0.3, 0.4) is 0 Å². The smallest absolute Gasteiger partial charge is 0.222 e. The van der Waals surface area contributed by atoms with Gasteiger partial charge in [0.1, 0.15) is 0 Å². The molecule has 13 heavy (non-hydrogen) atoms. The maximum absolute atomic E-state index is 4.19. The van der Waals surface area contributed by atoms with E-state index in [1.54, 1.807) is 0 Å². The number of nitrogens with one attached hydrogen (secondary N) is 1. The van der Waals surface area contributed by atoms with Gasteiger partial charge in [0.25, 0.3) is 0 Å². The van der Waals surface area contributed by atoms with Gasteiger partial charge in [0.05, 0.1) is 0 Å². The van der Waals surface area contributed by atoms with E-state index in [0.29, 0.717) is 5.95 Å². The van der Waals surface area contributed by atoms with Crippen molar-refractivity contribution in [3.63, 3.8) is 0 Å². The third-order valence-electron chi connectivity index (χ3n) is 2.54. The van der Waals surface area contributed by atoms with Gasteiger partial charge in [-0.2, -0.15) is 0 Å². The zero-order valence-corrected chi connectivity index (χ0v) is 8.76. The van der Waals surface area contributed by atoms with Crippen molar-refractivity contribution < 1.29 is 0 Å². The van der Waals surface area contributed by atoms with Crippen molar-refractivity contribution in [1.29, 1.82) is 0 Å². The topological polar surface area (TPSA) is 37.8 Å². The molecule has 0 unspecified atom stereocenters. The minimum absolute atomic E-state index is 0.173. The predicted octanol–water partition coefficient (Wildman–Crippen LogP) is 2.21. The van der Waals surface area contributed by atoms with Gasteiger partial charge < -0.3 is 5.32 Å². The van der Waals surface area contributed by atoms with E-state index in [2.05, 4.69) is 36.1 Å². The van der Waals surface area contributed by atoms with E-state index < -0.39 is 0 Å². The third-order valence-corrected chi connectivity index (χ3v) is 2.54. The molecule has 0 saturated carbocycles. The van der Waals surface area contributed by atoms with Crippen LogP contribution in [0.5, 0.6) is 0 Å². The zero-order valence-electron chi connectivity index (χ0n) is 8.76. The molecule has 0 aliphatic rings. The van der Waals surface area contributed by atoms with Gasteiger partial charge in [-0.3, -0.25) is 0 Å². The lowest BCUT2D eigenvalue weighted by Crippen LogP contribution is -2.16. The molecule has 72 valence electrons. The first-order chi connectivity index (χ1) is 6.10. The lowest BCUT2D eigenvalue weighted by molar-refractivity contribution is 0.502. The van der Waals surface area contributed by atoms with E-state index in [-0.39, 0.29) is 5.41 Å². The van der Waals surface area contributed by atoms with Crippen LogP contribution >= 0.6 is 0 Å². The first-order valence-electron chi connectivity index (χ1n) is 4.60. The van der Waals surface area contributed by atoms with E-state index in [9.17, 15) is 0 Å². The molecule has 0 fully saturated rings. The summed E-state index contributed by atoms with van der Waals surface area (Å²) in [5, 5.41) is 2.90. The van der Waals surface area contributed by atoms with Crippen molar-refractivity contribution in [1.82, 2.24) is 9.97 Å². The highest BCUT2D eigenvalue weighted by Crippen LogP contribution is 2.25. The second-order valence-corrected chi connectivity index (χ2v) is 3.78. The molecule has 3 nitrogen and oxygen atoms in total. The van der Waals surface area contributed by atoms with Crippen LogP contribution in [0.2, 0.25) is 0 Å². The van der Waals surface area contributed by atoms with Crippen molar-refractivity contribution in [3.05, 3.63) is 18.0 Å². The summed E-state index contributed by atoms with van der Waals surface area (Å²) < 4.78 is 0. The van der Waals surface area contributed by atoms with Crippen molar-refractivity contribution in [2.75, 3.05) is 12.4 Å². The van der Waals surface area contributed by atoms with Crippen molar-refractivity contribution >= 4 is 5.95 Å². The molecule has 0 aliphatic heterocycles. The quantitative estimate of drug-likeness (QED) is 0.773. The molecule has 0 radical (unpaired) electrons. The van der Waals surface area contributed by atoms with Gasteiger partial charge in [0, 0.05) is 19.4 Å². The minimum atomic E-state index is 0.173. The Morgan fingerprint density at radius 1 is 1.31 bits per heavy atom. The van der Waals surface area contributed by atoms with Crippen LogP contribution in [-0.2, 0) is 5.41 Å². The molecule has 1 N–H and O–H groups in total. The van der Waals surface area contributed by atoms with Crippen LogP contribution in [0.4, 0.5) is 5.95 Å². The highest BCUT2D eigenvalue weighted by atomic mass is 15.1. The highest BCUT2D eigenvalue weighted by molar-refractivity contribution is 5.26. The number of hydrogen-bond acceptors (Lipinski definition) is 3. The largest absolute Gasteiger partial charge is 0.357 e. The Balaban J connectivity index is 2.92. The molecule has 1 aromatic rings. The molecule has 0 amide bonds. The van der Waals surface area contributed by atoms with Crippen LogP contribution in [0.15, 0.2) is 12.4 Å². The lowest BCUT2D eigenvalue weighted by Gasteiger charge is -2.22. The Kier molecular flexibility index (Phi) is 2.86. The second-order valence-electron chi connectivity index (χ2n) is 3.78. The minimum Gasteiger partial charge on any atom is -0.357 e. The Morgan fingerprint density at radius 2 is 1.85 bits per heavy atom. The molecule has 0 spiro atoms. The Morgan fingerprint density at radius 3 is 2.23 bits per heavy atom. The average Bonchev–Trinajstić information content (AvgIpc) is 2.18. The number of hydrogen-bond donors (Lipinski definition) is 1. The molecule has 1 aromatic heterocycles. The Hall–Kier alpha value is -1.12. The summed E-state index contributed by atoms with van der Waals surface area (Å²) in [4.78, 5) is 8.38. The van der Waals surface area contributed by atoms with E-state index in [0.717, 1.165) is 6.42 Å². The van der Waals surface area contributed by atoms with E-state index in [4.69, 9.17) is 0 Å². The van der Waals surface area contributed by atoms with Crippen LogP contribution in [0, 0.1) is 0 Å².